The van der Waals surface area contributed by atoms with Crippen molar-refractivity contribution in [3.63, 3.8) is 0 Å². The summed E-state index contributed by atoms with van der Waals surface area (Å²) in [5, 5.41) is 7.83. The summed E-state index contributed by atoms with van der Waals surface area (Å²) in [7, 11) is 1.67. The van der Waals surface area contributed by atoms with E-state index in [1.807, 2.05) is 78.9 Å². The van der Waals surface area contributed by atoms with E-state index in [2.05, 4.69) is 23.2 Å². The second kappa shape index (κ2) is 9.59. The maximum atomic E-state index is 6.56. The van der Waals surface area contributed by atoms with Gasteiger partial charge in [0.05, 0.1) is 18.9 Å². The molecule has 0 unspecified atom stereocenters. The van der Waals surface area contributed by atoms with Crippen LogP contribution in [0.5, 0.6) is 17.2 Å². The van der Waals surface area contributed by atoms with Gasteiger partial charge in [-0.15, -0.1) is 0 Å². The topological polar surface area (TPSA) is 43.3 Å². The molecule has 4 aromatic rings. The van der Waals surface area contributed by atoms with Crippen molar-refractivity contribution in [2.24, 2.45) is 5.10 Å². The Morgan fingerprint density at radius 2 is 1.69 bits per heavy atom. The van der Waals surface area contributed by atoms with Crippen LogP contribution in [0.1, 0.15) is 40.9 Å². The lowest BCUT2D eigenvalue weighted by Gasteiger charge is -2.38. The van der Waals surface area contributed by atoms with Gasteiger partial charge in [-0.1, -0.05) is 66.2 Å². The van der Waals surface area contributed by atoms with E-state index in [9.17, 15) is 0 Å². The number of fused-ring (bicyclic) bond motifs is 3. The first-order valence-electron chi connectivity index (χ1n) is 11.9. The Kier molecular flexibility index (Phi) is 5.99. The zero-order valence-corrected chi connectivity index (χ0v) is 20.6. The number of hydrogen-bond donors (Lipinski definition) is 0. The quantitative estimate of drug-likeness (QED) is 0.284. The summed E-state index contributed by atoms with van der Waals surface area (Å²) >= 11 is 5.98. The van der Waals surface area contributed by atoms with Crippen LogP contribution in [0, 0.1) is 0 Å². The second-order valence-corrected chi connectivity index (χ2v) is 9.28. The molecule has 2 atom stereocenters. The van der Waals surface area contributed by atoms with E-state index in [1.165, 1.54) is 0 Å². The lowest BCUT2D eigenvalue weighted by Crippen LogP contribution is -2.33. The molecule has 5 nitrogen and oxygen atoms in total. The molecule has 6 heteroatoms. The van der Waals surface area contributed by atoms with Crippen LogP contribution < -0.4 is 14.2 Å². The number of hydrogen-bond acceptors (Lipinski definition) is 5. The summed E-state index contributed by atoms with van der Waals surface area (Å²) in [6.45, 7) is 0.472. The minimum absolute atomic E-state index is 0.0601. The minimum Gasteiger partial charge on any atom is -0.493 e. The highest BCUT2D eigenvalue weighted by molar-refractivity contribution is 6.30. The van der Waals surface area contributed by atoms with Crippen molar-refractivity contribution in [3.05, 3.63) is 124 Å². The van der Waals surface area contributed by atoms with E-state index < -0.39 is 0 Å². The summed E-state index contributed by atoms with van der Waals surface area (Å²) in [5.41, 5.74) is 5.32. The van der Waals surface area contributed by atoms with Gasteiger partial charge >= 0.3 is 0 Å². The number of para-hydroxylation sites is 1. The molecule has 4 aromatic carbocycles. The number of methoxy groups -OCH3 is 1. The lowest BCUT2D eigenvalue weighted by atomic mass is 9.95. The lowest BCUT2D eigenvalue weighted by molar-refractivity contribution is -0.0209. The molecule has 0 fully saturated rings. The Morgan fingerprint density at radius 3 is 2.44 bits per heavy atom. The average Bonchev–Trinajstić information content (AvgIpc) is 3.39. The summed E-state index contributed by atoms with van der Waals surface area (Å²) in [6, 6.07) is 32.1. The molecule has 180 valence electrons. The Labute approximate surface area is 215 Å². The van der Waals surface area contributed by atoms with Gasteiger partial charge in [0.25, 0.3) is 0 Å². The summed E-state index contributed by atoms with van der Waals surface area (Å²) < 4.78 is 18.2. The number of ether oxygens (including phenoxy) is 3. The summed E-state index contributed by atoms with van der Waals surface area (Å²) in [4.78, 5) is 0. The Bertz CT molecular complexity index is 1390. The fraction of sp³-hybridized carbons (Fsp3) is 0.167. The molecule has 6 rings (SSSR count). The van der Waals surface area contributed by atoms with Gasteiger partial charge in [-0.3, -0.25) is 0 Å². The van der Waals surface area contributed by atoms with E-state index in [0.29, 0.717) is 11.6 Å². The molecule has 36 heavy (non-hydrogen) atoms. The fourth-order valence-corrected chi connectivity index (χ4v) is 4.87. The average molecular weight is 497 g/mol. The fourth-order valence-electron chi connectivity index (χ4n) is 4.75. The van der Waals surface area contributed by atoms with Gasteiger partial charge in [-0.2, -0.15) is 5.10 Å². The number of hydrazone groups is 1. The van der Waals surface area contributed by atoms with E-state index in [4.69, 9.17) is 30.9 Å². The highest BCUT2D eigenvalue weighted by Gasteiger charge is 2.42. The van der Waals surface area contributed by atoms with E-state index in [0.717, 1.165) is 51.6 Å². The maximum Gasteiger partial charge on any atom is 0.214 e. The van der Waals surface area contributed by atoms with Crippen LogP contribution in [0.25, 0.3) is 0 Å². The van der Waals surface area contributed by atoms with Crippen molar-refractivity contribution in [1.82, 2.24) is 5.01 Å². The third-order valence-electron chi connectivity index (χ3n) is 6.59. The van der Waals surface area contributed by atoms with Crippen molar-refractivity contribution in [1.29, 1.82) is 0 Å². The van der Waals surface area contributed by atoms with Crippen LogP contribution in [0.4, 0.5) is 0 Å². The smallest absolute Gasteiger partial charge is 0.214 e. The number of benzene rings is 4. The Hall–Kier alpha value is -3.96. The van der Waals surface area contributed by atoms with Crippen molar-refractivity contribution < 1.29 is 14.2 Å². The molecule has 0 N–H and O–H groups in total. The summed E-state index contributed by atoms with van der Waals surface area (Å²) in [5.74, 6) is 2.29. The van der Waals surface area contributed by atoms with E-state index in [-0.39, 0.29) is 12.3 Å². The van der Waals surface area contributed by atoms with E-state index >= 15 is 0 Å². The molecule has 0 aliphatic carbocycles. The maximum absolute atomic E-state index is 6.56. The first kappa shape index (κ1) is 22.5. The molecule has 0 radical (unpaired) electrons. The normalized spacial score (nSPS) is 18.1. The van der Waals surface area contributed by atoms with Crippen molar-refractivity contribution in [2.75, 3.05) is 7.11 Å². The first-order valence-corrected chi connectivity index (χ1v) is 12.3. The molecule has 0 spiro atoms. The van der Waals surface area contributed by atoms with Crippen LogP contribution in [0.2, 0.25) is 5.02 Å². The van der Waals surface area contributed by atoms with E-state index in [1.54, 1.807) is 7.11 Å². The van der Waals surface area contributed by atoms with Gasteiger partial charge in [-0.25, -0.2) is 5.01 Å². The predicted molar refractivity (Wildman–Crippen MR) is 141 cm³/mol. The van der Waals surface area contributed by atoms with Crippen LogP contribution in [0.15, 0.2) is 102 Å². The number of halogens is 1. The van der Waals surface area contributed by atoms with Crippen LogP contribution >= 0.6 is 11.6 Å². The second-order valence-electron chi connectivity index (χ2n) is 8.85. The highest BCUT2D eigenvalue weighted by atomic mass is 35.5. The monoisotopic (exact) mass is 496 g/mol. The van der Waals surface area contributed by atoms with Gasteiger partial charge in [-0.05, 0) is 53.6 Å². The zero-order valence-electron chi connectivity index (χ0n) is 19.8. The van der Waals surface area contributed by atoms with Crippen molar-refractivity contribution >= 4 is 17.3 Å². The zero-order chi connectivity index (χ0) is 24.5. The van der Waals surface area contributed by atoms with Crippen molar-refractivity contribution in [2.45, 2.75) is 25.3 Å². The molecule has 2 aliphatic heterocycles. The molecular weight excluding hydrogens is 472 g/mol. The standard InChI is InChI=1S/C30H25ClN2O3/c1-34-28-9-5-8-25-27-18-26(21-6-3-2-4-7-21)32-33(27)30(36-29(25)28)22-12-16-24(17-13-22)35-19-20-10-14-23(31)15-11-20/h2-17,27,30H,18-19H2,1H3/t27-,30-/m0/s1. The molecule has 0 saturated heterocycles. The first-order chi connectivity index (χ1) is 17.7. The largest absolute Gasteiger partial charge is 0.493 e. The molecule has 2 aliphatic rings. The van der Waals surface area contributed by atoms with Crippen molar-refractivity contribution in [3.8, 4) is 17.2 Å². The third-order valence-corrected chi connectivity index (χ3v) is 6.84. The number of nitrogens with zero attached hydrogens (tertiary/aromatic N) is 2. The highest BCUT2D eigenvalue weighted by Crippen LogP contribution is 2.50. The SMILES string of the molecule is COc1cccc2c1O[C@@H](c1ccc(OCc3ccc(Cl)cc3)cc1)N1N=C(c3ccccc3)C[C@@H]21. The molecule has 0 aromatic heterocycles. The van der Waals surface area contributed by atoms with Crippen LogP contribution in [-0.2, 0) is 6.61 Å². The predicted octanol–water partition coefficient (Wildman–Crippen LogP) is 7.17. The van der Waals surface area contributed by atoms with Gasteiger partial charge in [0.1, 0.15) is 12.4 Å². The summed E-state index contributed by atoms with van der Waals surface area (Å²) in [6.07, 6.45) is 0.414. The molecule has 0 amide bonds. The van der Waals surface area contributed by atoms with Gasteiger partial charge < -0.3 is 14.2 Å². The third kappa shape index (κ3) is 4.27. The van der Waals surface area contributed by atoms with Gasteiger partial charge in [0, 0.05) is 22.6 Å². The molecule has 0 bridgehead atoms. The molecular formula is C30H25ClN2O3. The minimum atomic E-state index is -0.384. The molecule has 0 saturated carbocycles. The Balaban J connectivity index is 1.29. The Morgan fingerprint density at radius 1 is 0.917 bits per heavy atom. The number of rotatable bonds is 6. The van der Waals surface area contributed by atoms with Crippen LogP contribution in [0.3, 0.4) is 0 Å². The molecule has 2 heterocycles. The van der Waals surface area contributed by atoms with Gasteiger partial charge in [0.2, 0.25) is 6.23 Å². The van der Waals surface area contributed by atoms with Gasteiger partial charge in [0.15, 0.2) is 11.5 Å². The van der Waals surface area contributed by atoms with Crippen LogP contribution in [-0.4, -0.2) is 17.8 Å².